The molecule has 0 fully saturated rings. The summed E-state index contributed by atoms with van der Waals surface area (Å²) in [6.45, 7) is 3.22. The van der Waals surface area contributed by atoms with Gasteiger partial charge in [-0.05, 0) is 18.9 Å². The molecule has 0 saturated carbocycles. The van der Waals surface area contributed by atoms with Crippen molar-refractivity contribution in [2.45, 2.75) is 39.0 Å². The minimum atomic E-state index is -4.37. The highest BCUT2D eigenvalue weighted by atomic mass is 19.4. The van der Waals surface area contributed by atoms with E-state index in [1.165, 1.54) is 12.3 Å². The molecule has 124 valence electrons. The fraction of sp³-hybridized carbons (Fsp3) is 0.571. The van der Waals surface area contributed by atoms with Crippen molar-refractivity contribution in [1.82, 2.24) is 15.6 Å². The minimum absolute atomic E-state index is 0.0526. The monoisotopic (exact) mass is 318 g/mol. The fourth-order valence-corrected chi connectivity index (χ4v) is 1.47. The Kier molecular flexibility index (Phi) is 6.94. The number of ether oxygens (including phenoxy) is 1. The Hall–Kier alpha value is -1.99. The molecule has 1 unspecified atom stereocenters. The molecule has 0 bridgehead atoms. The number of nitrogens with zero attached hydrogens (tertiary/aromatic N) is 2. The van der Waals surface area contributed by atoms with Crippen molar-refractivity contribution in [3.05, 3.63) is 23.9 Å². The smallest absolute Gasteiger partial charge is 0.422 e. The molecule has 0 saturated heterocycles. The second-order valence-corrected chi connectivity index (χ2v) is 4.79. The maximum Gasteiger partial charge on any atom is 0.422 e. The van der Waals surface area contributed by atoms with Gasteiger partial charge >= 0.3 is 6.18 Å². The van der Waals surface area contributed by atoms with Gasteiger partial charge in [-0.25, -0.2) is 4.98 Å². The van der Waals surface area contributed by atoms with Crippen LogP contribution in [-0.4, -0.2) is 36.8 Å². The molecule has 0 radical (unpaired) electrons. The van der Waals surface area contributed by atoms with Gasteiger partial charge in [0.2, 0.25) is 5.88 Å². The summed E-state index contributed by atoms with van der Waals surface area (Å²) in [6.07, 6.45) is -1.93. The average Bonchev–Trinajstić information content (AvgIpc) is 2.49. The van der Waals surface area contributed by atoms with Crippen LogP contribution in [0.25, 0.3) is 0 Å². The molecule has 0 amide bonds. The van der Waals surface area contributed by atoms with Gasteiger partial charge in [0.05, 0.1) is 0 Å². The molecular weight excluding hydrogens is 297 g/mol. The van der Waals surface area contributed by atoms with Crippen molar-refractivity contribution in [1.29, 1.82) is 0 Å². The Balaban J connectivity index is 2.47. The molecule has 0 aliphatic carbocycles. The van der Waals surface area contributed by atoms with Crippen LogP contribution in [0, 0.1) is 0 Å². The first-order valence-corrected chi connectivity index (χ1v) is 6.95. The van der Waals surface area contributed by atoms with Gasteiger partial charge in [-0.3, -0.25) is 4.99 Å². The van der Waals surface area contributed by atoms with Gasteiger partial charge in [0.1, 0.15) is 0 Å². The van der Waals surface area contributed by atoms with Crippen LogP contribution in [0.1, 0.15) is 25.8 Å². The maximum absolute atomic E-state index is 12.0. The zero-order valence-electron chi connectivity index (χ0n) is 12.9. The normalized spacial score (nSPS) is 13.6. The number of guanidine groups is 1. The van der Waals surface area contributed by atoms with Crippen LogP contribution in [0.5, 0.6) is 5.88 Å². The number of aliphatic imine (C=N–C) groups is 1. The number of rotatable bonds is 6. The third-order valence-corrected chi connectivity index (χ3v) is 2.86. The predicted molar refractivity (Wildman–Crippen MR) is 78.9 cm³/mol. The van der Waals surface area contributed by atoms with Crippen LogP contribution >= 0.6 is 0 Å². The third-order valence-electron chi connectivity index (χ3n) is 2.86. The molecule has 8 heteroatoms. The van der Waals surface area contributed by atoms with E-state index in [2.05, 4.69) is 32.3 Å². The molecule has 0 aliphatic heterocycles. The van der Waals surface area contributed by atoms with Gasteiger partial charge in [-0.15, -0.1) is 0 Å². The largest absolute Gasteiger partial charge is 0.468 e. The Morgan fingerprint density at radius 2 is 2.14 bits per heavy atom. The van der Waals surface area contributed by atoms with E-state index in [-0.39, 0.29) is 5.88 Å². The standard InChI is InChI=1S/C14H21F3N4O/c1-4-10(2)21-13(18-3)20-8-11-5-6-12(19-7-11)22-9-14(15,16)17/h5-7,10H,4,8-9H2,1-3H3,(H2,18,20,21). The summed E-state index contributed by atoms with van der Waals surface area (Å²) in [5, 5.41) is 6.31. The van der Waals surface area contributed by atoms with Crippen molar-refractivity contribution in [3.8, 4) is 5.88 Å². The molecule has 0 aliphatic rings. The minimum Gasteiger partial charge on any atom is -0.468 e. The van der Waals surface area contributed by atoms with Crippen LogP contribution in [0.15, 0.2) is 23.3 Å². The number of aromatic nitrogens is 1. The highest BCUT2D eigenvalue weighted by Crippen LogP contribution is 2.16. The van der Waals surface area contributed by atoms with E-state index >= 15 is 0 Å². The van der Waals surface area contributed by atoms with Gasteiger partial charge in [0, 0.05) is 31.9 Å². The molecule has 1 atom stereocenters. The van der Waals surface area contributed by atoms with E-state index in [9.17, 15) is 13.2 Å². The lowest BCUT2D eigenvalue weighted by Gasteiger charge is -2.16. The number of halogens is 3. The summed E-state index contributed by atoms with van der Waals surface area (Å²) in [6, 6.07) is 3.36. The third kappa shape index (κ3) is 7.14. The Morgan fingerprint density at radius 1 is 1.41 bits per heavy atom. The van der Waals surface area contributed by atoms with Crippen molar-refractivity contribution in [3.63, 3.8) is 0 Å². The predicted octanol–water partition coefficient (Wildman–Crippen LogP) is 2.49. The van der Waals surface area contributed by atoms with Crippen LogP contribution < -0.4 is 15.4 Å². The SMILES string of the molecule is CCC(C)NC(=NC)NCc1ccc(OCC(F)(F)F)nc1. The van der Waals surface area contributed by atoms with Crippen molar-refractivity contribution >= 4 is 5.96 Å². The lowest BCUT2D eigenvalue weighted by Crippen LogP contribution is -2.41. The van der Waals surface area contributed by atoms with E-state index in [1.807, 2.05) is 6.92 Å². The number of hydrogen-bond donors (Lipinski definition) is 2. The molecule has 1 aromatic heterocycles. The van der Waals surface area contributed by atoms with E-state index < -0.39 is 12.8 Å². The summed E-state index contributed by atoms with van der Waals surface area (Å²) in [7, 11) is 1.67. The Bertz CT molecular complexity index is 474. The first kappa shape index (κ1) is 18.1. The second kappa shape index (κ2) is 8.45. The van der Waals surface area contributed by atoms with Crippen molar-refractivity contribution in [2.75, 3.05) is 13.7 Å². The molecule has 22 heavy (non-hydrogen) atoms. The molecule has 1 rings (SSSR count). The second-order valence-electron chi connectivity index (χ2n) is 4.79. The van der Waals surface area contributed by atoms with E-state index in [0.29, 0.717) is 18.5 Å². The molecule has 5 nitrogen and oxygen atoms in total. The van der Waals surface area contributed by atoms with E-state index in [1.54, 1.807) is 13.1 Å². The Morgan fingerprint density at radius 3 is 2.64 bits per heavy atom. The summed E-state index contributed by atoms with van der Waals surface area (Å²) in [4.78, 5) is 7.93. The molecule has 0 spiro atoms. The summed E-state index contributed by atoms with van der Waals surface area (Å²) in [5.41, 5.74) is 0.812. The number of pyridine rings is 1. The number of alkyl halides is 3. The van der Waals surface area contributed by atoms with Crippen LogP contribution in [0.4, 0.5) is 13.2 Å². The number of nitrogens with one attached hydrogen (secondary N) is 2. The maximum atomic E-state index is 12.0. The van der Waals surface area contributed by atoms with Crippen LogP contribution in [-0.2, 0) is 6.54 Å². The first-order valence-electron chi connectivity index (χ1n) is 6.95. The Labute approximate surface area is 128 Å². The molecular formula is C14H21F3N4O. The first-order chi connectivity index (χ1) is 10.3. The summed E-state index contributed by atoms with van der Waals surface area (Å²) >= 11 is 0. The van der Waals surface area contributed by atoms with Crippen molar-refractivity contribution in [2.24, 2.45) is 4.99 Å². The summed E-state index contributed by atoms with van der Waals surface area (Å²) < 4.78 is 40.6. The van der Waals surface area contributed by atoms with Gasteiger partial charge < -0.3 is 15.4 Å². The van der Waals surface area contributed by atoms with Crippen LogP contribution in [0.3, 0.4) is 0 Å². The number of hydrogen-bond acceptors (Lipinski definition) is 3. The van der Waals surface area contributed by atoms with Crippen LogP contribution in [0.2, 0.25) is 0 Å². The zero-order valence-corrected chi connectivity index (χ0v) is 12.9. The average molecular weight is 318 g/mol. The van der Waals surface area contributed by atoms with Gasteiger partial charge in [-0.2, -0.15) is 13.2 Å². The summed E-state index contributed by atoms with van der Waals surface area (Å²) in [5.74, 6) is 0.606. The van der Waals surface area contributed by atoms with Gasteiger partial charge in [0.25, 0.3) is 0 Å². The lowest BCUT2D eigenvalue weighted by atomic mass is 10.2. The molecule has 2 N–H and O–H groups in total. The fourth-order valence-electron chi connectivity index (χ4n) is 1.47. The van der Waals surface area contributed by atoms with Gasteiger partial charge in [0.15, 0.2) is 12.6 Å². The molecule has 1 heterocycles. The van der Waals surface area contributed by atoms with Crippen molar-refractivity contribution < 1.29 is 17.9 Å². The van der Waals surface area contributed by atoms with E-state index in [4.69, 9.17) is 0 Å². The molecule has 1 aromatic rings. The zero-order chi connectivity index (χ0) is 16.6. The quantitative estimate of drug-likeness (QED) is 0.625. The van der Waals surface area contributed by atoms with Gasteiger partial charge in [-0.1, -0.05) is 13.0 Å². The highest BCUT2D eigenvalue weighted by Gasteiger charge is 2.28. The molecule has 0 aromatic carbocycles. The highest BCUT2D eigenvalue weighted by molar-refractivity contribution is 5.79. The lowest BCUT2D eigenvalue weighted by molar-refractivity contribution is -0.154. The topological polar surface area (TPSA) is 58.5 Å². The van der Waals surface area contributed by atoms with E-state index in [0.717, 1.165) is 12.0 Å².